The lowest BCUT2D eigenvalue weighted by Gasteiger charge is -2.21. The number of nitrogens with zero attached hydrogens (tertiary/aromatic N) is 1. The summed E-state index contributed by atoms with van der Waals surface area (Å²) in [6.45, 7) is 0. The van der Waals surface area contributed by atoms with Gasteiger partial charge in [0.15, 0.2) is 0 Å². The van der Waals surface area contributed by atoms with Crippen molar-refractivity contribution in [3.05, 3.63) is 64.0 Å². The summed E-state index contributed by atoms with van der Waals surface area (Å²) in [5, 5.41) is 9.88. The van der Waals surface area contributed by atoms with E-state index in [2.05, 4.69) is 40.2 Å². The summed E-state index contributed by atoms with van der Waals surface area (Å²) in [5.41, 5.74) is 6.40. The van der Waals surface area contributed by atoms with Gasteiger partial charge in [0.05, 0.1) is 11.8 Å². The Morgan fingerprint density at radius 1 is 1.12 bits per heavy atom. The monoisotopic (exact) mass is 395 g/mol. The van der Waals surface area contributed by atoms with E-state index in [0.29, 0.717) is 0 Å². The molecule has 4 heteroatoms. The molecule has 2 aromatic carbocycles. The largest absolute Gasteiger partial charge is 0.469 e. The van der Waals surface area contributed by atoms with Gasteiger partial charge in [-0.05, 0) is 53.6 Å². The van der Waals surface area contributed by atoms with Crippen LogP contribution in [-0.2, 0) is 12.8 Å². The van der Waals surface area contributed by atoms with E-state index in [1.807, 2.05) is 24.5 Å². The molecule has 0 atom stereocenters. The zero-order valence-electron chi connectivity index (χ0n) is 13.1. The molecule has 0 saturated heterocycles. The number of halogens is 1. The number of rotatable bonds is 2. The van der Waals surface area contributed by atoms with Gasteiger partial charge in [-0.25, -0.2) is 0 Å². The fourth-order valence-electron chi connectivity index (χ4n) is 3.39. The second-order valence-electron chi connectivity index (χ2n) is 5.74. The molecule has 3 aromatic rings. The number of thioether (sulfide) groups is 1. The van der Waals surface area contributed by atoms with Crippen LogP contribution in [0.5, 0.6) is 0 Å². The Kier molecular flexibility index (Phi) is 3.99. The predicted molar refractivity (Wildman–Crippen MR) is 101 cm³/mol. The molecule has 0 radical (unpaired) electrons. The van der Waals surface area contributed by atoms with Crippen LogP contribution in [0.4, 0.5) is 0 Å². The molecule has 2 nitrogen and oxygen atoms in total. The maximum absolute atomic E-state index is 9.88. The number of fused-ring (bicyclic) bond motifs is 3. The number of furan rings is 1. The van der Waals surface area contributed by atoms with E-state index in [1.165, 1.54) is 5.56 Å². The van der Waals surface area contributed by atoms with Gasteiger partial charge in [-0.15, -0.1) is 11.8 Å². The highest BCUT2D eigenvalue weighted by atomic mass is 79.9. The van der Waals surface area contributed by atoms with E-state index in [4.69, 9.17) is 4.42 Å². The Morgan fingerprint density at radius 2 is 1.92 bits per heavy atom. The van der Waals surface area contributed by atoms with Crippen molar-refractivity contribution in [2.75, 3.05) is 6.26 Å². The standard InChI is InChI=1S/C20H14BrNOS/c1-24-20-16(12-2-5-14(21)6-3-12)10-13-4-7-18-15(8-9-23-18)19(13)17(20)11-22/h2-3,5-6,8-10H,4,7H2,1H3. The number of hydrogen-bond acceptors (Lipinski definition) is 3. The quantitative estimate of drug-likeness (QED) is 0.494. The summed E-state index contributed by atoms with van der Waals surface area (Å²) in [7, 11) is 0. The van der Waals surface area contributed by atoms with Crippen molar-refractivity contribution in [3.8, 4) is 28.3 Å². The van der Waals surface area contributed by atoms with Crippen LogP contribution >= 0.6 is 27.7 Å². The van der Waals surface area contributed by atoms with Crippen molar-refractivity contribution in [2.24, 2.45) is 0 Å². The third kappa shape index (κ3) is 2.40. The average Bonchev–Trinajstić information content (AvgIpc) is 3.09. The Labute approximate surface area is 153 Å². The van der Waals surface area contributed by atoms with Crippen molar-refractivity contribution in [1.82, 2.24) is 0 Å². The molecular formula is C20H14BrNOS. The lowest BCUT2D eigenvalue weighted by atomic mass is 9.84. The summed E-state index contributed by atoms with van der Waals surface area (Å²) >= 11 is 5.12. The molecule has 0 saturated carbocycles. The van der Waals surface area contributed by atoms with Crippen LogP contribution in [0.25, 0.3) is 22.3 Å². The minimum absolute atomic E-state index is 0.764. The molecule has 0 unspecified atom stereocenters. The molecule has 24 heavy (non-hydrogen) atoms. The first-order chi connectivity index (χ1) is 11.7. The summed E-state index contributed by atoms with van der Waals surface area (Å²) in [6, 6.07) is 15.0. The second-order valence-corrected chi connectivity index (χ2v) is 7.47. The first-order valence-electron chi connectivity index (χ1n) is 7.69. The van der Waals surface area contributed by atoms with Gasteiger partial charge < -0.3 is 4.42 Å². The minimum Gasteiger partial charge on any atom is -0.469 e. The molecule has 0 aliphatic heterocycles. The van der Waals surface area contributed by atoms with E-state index in [-0.39, 0.29) is 0 Å². The fraction of sp³-hybridized carbons (Fsp3) is 0.150. The fourth-order valence-corrected chi connectivity index (χ4v) is 4.41. The van der Waals surface area contributed by atoms with Gasteiger partial charge in [-0.3, -0.25) is 0 Å². The van der Waals surface area contributed by atoms with Crippen LogP contribution in [0, 0.1) is 11.3 Å². The van der Waals surface area contributed by atoms with Gasteiger partial charge >= 0.3 is 0 Å². The molecule has 1 aromatic heterocycles. The summed E-state index contributed by atoms with van der Waals surface area (Å²) in [4.78, 5) is 1.03. The topological polar surface area (TPSA) is 36.9 Å². The number of aryl methyl sites for hydroxylation is 2. The highest BCUT2D eigenvalue weighted by Gasteiger charge is 2.25. The van der Waals surface area contributed by atoms with E-state index in [1.54, 1.807) is 18.0 Å². The van der Waals surface area contributed by atoms with Crippen LogP contribution in [0.2, 0.25) is 0 Å². The average molecular weight is 396 g/mol. The molecule has 0 bridgehead atoms. The van der Waals surface area contributed by atoms with E-state index in [9.17, 15) is 5.26 Å². The number of nitriles is 1. The molecule has 4 rings (SSSR count). The first kappa shape index (κ1) is 15.6. The zero-order chi connectivity index (χ0) is 16.7. The normalized spacial score (nSPS) is 12.4. The zero-order valence-corrected chi connectivity index (χ0v) is 15.5. The van der Waals surface area contributed by atoms with Crippen molar-refractivity contribution in [1.29, 1.82) is 5.26 Å². The maximum atomic E-state index is 9.88. The molecule has 1 aliphatic rings. The highest BCUT2D eigenvalue weighted by molar-refractivity contribution is 9.10. The summed E-state index contributed by atoms with van der Waals surface area (Å²) < 4.78 is 6.65. The van der Waals surface area contributed by atoms with Crippen molar-refractivity contribution in [2.45, 2.75) is 17.7 Å². The second kappa shape index (κ2) is 6.16. The van der Waals surface area contributed by atoms with Gasteiger partial charge in [-0.1, -0.05) is 28.1 Å². The van der Waals surface area contributed by atoms with Gasteiger partial charge in [0.25, 0.3) is 0 Å². The van der Waals surface area contributed by atoms with Crippen LogP contribution in [0.1, 0.15) is 16.9 Å². The van der Waals surface area contributed by atoms with Gasteiger partial charge in [0.2, 0.25) is 0 Å². The van der Waals surface area contributed by atoms with Gasteiger partial charge in [0.1, 0.15) is 11.8 Å². The van der Waals surface area contributed by atoms with Crippen LogP contribution in [0.15, 0.2) is 56.4 Å². The van der Waals surface area contributed by atoms with E-state index < -0.39 is 0 Å². The van der Waals surface area contributed by atoms with Gasteiger partial charge in [-0.2, -0.15) is 5.26 Å². The van der Waals surface area contributed by atoms with Crippen LogP contribution < -0.4 is 0 Å². The van der Waals surface area contributed by atoms with E-state index >= 15 is 0 Å². The molecule has 0 N–H and O–H groups in total. The third-order valence-corrected chi connectivity index (χ3v) is 5.83. The maximum Gasteiger partial charge on any atom is 0.111 e. The van der Waals surface area contributed by atoms with Crippen molar-refractivity contribution in [3.63, 3.8) is 0 Å². The molecule has 1 aliphatic carbocycles. The molecule has 0 spiro atoms. The number of benzene rings is 2. The predicted octanol–water partition coefficient (Wildman–Crippen LogP) is 6.07. The van der Waals surface area contributed by atoms with Crippen LogP contribution in [-0.4, -0.2) is 6.26 Å². The molecule has 0 amide bonds. The van der Waals surface area contributed by atoms with Crippen molar-refractivity contribution < 1.29 is 4.42 Å². The SMILES string of the molecule is CSc1c(-c2ccc(Br)cc2)cc2c(c1C#N)-c1ccoc1CC2. The minimum atomic E-state index is 0.764. The van der Waals surface area contributed by atoms with E-state index in [0.717, 1.165) is 55.8 Å². The molecule has 1 heterocycles. The molecular weight excluding hydrogens is 382 g/mol. The van der Waals surface area contributed by atoms with Crippen LogP contribution in [0.3, 0.4) is 0 Å². The smallest absolute Gasteiger partial charge is 0.111 e. The Morgan fingerprint density at radius 3 is 2.62 bits per heavy atom. The summed E-state index contributed by atoms with van der Waals surface area (Å²) in [5.74, 6) is 0.988. The Hall–Kier alpha value is -1.96. The lowest BCUT2D eigenvalue weighted by Crippen LogP contribution is -2.06. The lowest BCUT2D eigenvalue weighted by molar-refractivity contribution is 0.507. The van der Waals surface area contributed by atoms with Gasteiger partial charge in [0, 0.05) is 26.9 Å². The highest BCUT2D eigenvalue weighted by Crippen LogP contribution is 2.44. The first-order valence-corrected chi connectivity index (χ1v) is 9.71. The Bertz CT molecular complexity index is 967. The Balaban J connectivity index is 2.02. The number of hydrogen-bond donors (Lipinski definition) is 0. The third-order valence-electron chi connectivity index (χ3n) is 4.47. The molecule has 0 fully saturated rings. The van der Waals surface area contributed by atoms with Crippen molar-refractivity contribution >= 4 is 27.7 Å². The summed E-state index contributed by atoms with van der Waals surface area (Å²) in [6.07, 6.45) is 5.55. The molecule has 118 valence electrons.